The number of carbonyl (C=O) groups excluding carboxylic acids is 12. The summed E-state index contributed by atoms with van der Waals surface area (Å²) in [5.41, 5.74) is -1.55. The highest BCUT2D eigenvalue weighted by atomic mass is 35.5. The maximum Gasteiger partial charge on any atom is 0.393 e. The highest BCUT2D eigenvalue weighted by Crippen LogP contribution is 2.44. The van der Waals surface area contributed by atoms with E-state index in [9.17, 15) is 37.1 Å². The predicted molar refractivity (Wildman–Crippen MR) is 372 cm³/mol. The first kappa shape index (κ1) is 80.4. The third kappa shape index (κ3) is 19.2. The molecule has 5 saturated carbocycles. The average molecular weight is 1450 g/mol. The minimum atomic E-state index is -4.51. The molecule has 28 heteroatoms. The highest BCUT2D eigenvalue weighted by molar-refractivity contribution is 6.21. The molecular weight excluding hydrogens is 1330 g/mol. The number of fused-ring (bicyclic) bond motifs is 2. The minimum absolute atomic E-state index is 0.00295. The maximum atomic E-state index is 15.6. The van der Waals surface area contributed by atoms with Gasteiger partial charge in [0.15, 0.2) is 0 Å². The quantitative estimate of drug-likeness (QED) is 0.170. The molecule has 0 bridgehead atoms. The van der Waals surface area contributed by atoms with Crippen LogP contribution in [0.25, 0.3) is 0 Å². The monoisotopic (exact) mass is 1440 g/mol. The van der Waals surface area contributed by atoms with Crippen LogP contribution in [-0.4, -0.2) is 251 Å². The molecule has 8 aliphatic rings. The molecule has 1 spiro atoms. The first-order chi connectivity index (χ1) is 47.7. The number of amides is 12. The first-order valence-electron chi connectivity index (χ1n) is 37.7. The van der Waals surface area contributed by atoms with E-state index >= 15 is 33.6 Å². The van der Waals surface area contributed by atoms with Crippen molar-refractivity contribution in [2.24, 2.45) is 41.4 Å². The fourth-order valence-electron chi connectivity index (χ4n) is 17.6. The Morgan fingerprint density at radius 1 is 0.604 bits per heavy atom. The van der Waals surface area contributed by atoms with Gasteiger partial charge in [0, 0.05) is 67.8 Å². The molecule has 24 nitrogen and oxygen atoms in total. The van der Waals surface area contributed by atoms with Crippen molar-refractivity contribution >= 4 is 82.5 Å². The molecule has 0 radical (unpaired) electrons. The van der Waals surface area contributed by atoms with Crippen LogP contribution in [0.15, 0.2) is 0 Å². The van der Waals surface area contributed by atoms with Gasteiger partial charge in [-0.1, -0.05) is 104 Å². The third-order valence-corrected chi connectivity index (χ3v) is 24.9. The van der Waals surface area contributed by atoms with Crippen LogP contribution in [-0.2, 0) is 57.5 Å². The number of carbonyl (C=O) groups is 12. The van der Waals surface area contributed by atoms with Crippen LogP contribution < -0.4 is 21.3 Å². The predicted octanol–water partition coefficient (Wildman–Crippen LogP) is 6.14. The molecule has 4 N–H and O–H groups in total. The fourth-order valence-corrected chi connectivity index (χ4v) is 18.1. The van der Waals surface area contributed by atoms with Crippen LogP contribution in [0.3, 0.4) is 0 Å². The van der Waals surface area contributed by atoms with Gasteiger partial charge in [-0.25, -0.2) is 0 Å². The summed E-state index contributed by atoms with van der Waals surface area (Å²) in [6, 6.07) is -10.7. The molecule has 0 aromatic heterocycles. The maximum absolute atomic E-state index is 15.6. The largest absolute Gasteiger partial charge is 0.393 e. The van der Waals surface area contributed by atoms with Crippen molar-refractivity contribution in [2.75, 3.05) is 69.0 Å². The van der Waals surface area contributed by atoms with Crippen LogP contribution in [0, 0.1) is 41.4 Å². The molecule has 12 amide bonds. The van der Waals surface area contributed by atoms with Crippen LogP contribution in [0.4, 0.5) is 13.2 Å². The number of hydrogen-bond donors (Lipinski definition) is 4. The Morgan fingerprint density at radius 3 is 1.80 bits per heavy atom. The molecule has 568 valence electrons. The highest BCUT2D eigenvalue weighted by Gasteiger charge is 2.53. The lowest BCUT2D eigenvalue weighted by atomic mass is 9.78. The molecule has 8 fully saturated rings. The summed E-state index contributed by atoms with van der Waals surface area (Å²) < 4.78 is 42.1. The Balaban J connectivity index is 1.15. The van der Waals surface area contributed by atoms with Crippen LogP contribution in [0.5, 0.6) is 0 Å². The van der Waals surface area contributed by atoms with E-state index in [1.165, 1.54) is 95.5 Å². The average Bonchev–Trinajstić information content (AvgIpc) is 1.76. The lowest BCUT2D eigenvalue weighted by molar-refractivity contribution is -0.182. The Morgan fingerprint density at radius 2 is 1.21 bits per heavy atom. The zero-order valence-electron chi connectivity index (χ0n) is 61.7. The Kier molecular flexibility index (Phi) is 27.9. The Bertz CT molecular complexity index is 2990. The molecule has 8 rings (SSSR count). The molecule has 5 aliphatic carbocycles. The van der Waals surface area contributed by atoms with E-state index < -0.39 is 167 Å². The Hall–Kier alpha value is -6.28. The summed E-state index contributed by atoms with van der Waals surface area (Å²) in [4.78, 5) is 190. The van der Waals surface area contributed by atoms with Crippen molar-refractivity contribution in [3.8, 4) is 0 Å². The SMILES string of the molecule is CC[C@H](C)[C@@H]1NC(=O)[C@H](CC2CCCC2)N(C)C(=O)C[C@@H](C(=O)N(C)C)N(C)C(=O)[C@H](C2CCCC2)N(C)C(=O)C2(CCCC2)NC(=O)[C@@H]2CCCN2C(=O)[C@H](CCC2CCC(C(F)(F)F)C(Cl)C2)NC(=O)CN(C)C(=O)[C@H](CC2CCC(C)CC2)N(C)C(=O)[C@@H]2CCN2C(=O)C(C)NC1=O. The van der Waals surface area contributed by atoms with E-state index in [0.717, 1.165) is 64.2 Å². The van der Waals surface area contributed by atoms with Gasteiger partial charge in [0.05, 0.1) is 18.9 Å². The van der Waals surface area contributed by atoms with Crippen molar-refractivity contribution in [1.29, 1.82) is 0 Å². The second kappa shape index (κ2) is 35.0. The van der Waals surface area contributed by atoms with Crippen molar-refractivity contribution in [3.05, 3.63) is 0 Å². The van der Waals surface area contributed by atoms with Crippen LogP contribution in [0.1, 0.15) is 207 Å². The molecule has 3 heterocycles. The van der Waals surface area contributed by atoms with Crippen molar-refractivity contribution in [2.45, 2.75) is 279 Å². The molecule has 0 aromatic rings. The minimum Gasteiger partial charge on any atom is -0.347 e. The van der Waals surface area contributed by atoms with Crippen molar-refractivity contribution in [1.82, 2.24) is 60.5 Å². The molecule has 4 unspecified atom stereocenters. The van der Waals surface area contributed by atoms with Gasteiger partial charge in [-0.05, 0) is 132 Å². The molecular formula is C73H116ClF3N12O12. The molecule has 0 aromatic carbocycles. The van der Waals surface area contributed by atoms with Gasteiger partial charge in [-0.2, -0.15) is 13.2 Å². The standard InChI is InChI=1S/C73H116ClF3N12O12/c1-12-44(3)60-64(94)78-45(4)65(95)89-37-33-54(89)69(99)85(9)56(40-48-27-25-43(2)26-28-48)68(98)83(7)42-58(90)79-52(32-30-47-29-31-50(51(74)38-47)73(75,76)77)66(96)88-36-19-24-53(88)63(93)81-72(34-17-18-35-72)71(101)87(11)61(49-22-15-16-23-49)70(100)86(10)57(67(97)82(5)6)41-59(91)84(8)55(62(92)80-60)39-46-20-13-14-21-46/h43-57,60-61H,12-42H2,1-11H3,(H,78,94)(H,79,90)(H,80,92)(H,81,93)/t43?,44-,45?,47?,48?,50?,51?,52-,53-,54-,55-,56-,57-,60-,61-/m0/s1. The molecule has 101 heavy (non-hydrogen) atoms. The molecule has 13 atom stereocenters. The summed E-state index contributed by atoms with van der Waals surface area (Å²) in [6.07, 6.45) is 7.50. The first-order valence-corrected chi connectivity index (χ1v) is 38.2. The van der Waals surface area contributed by atoms with Crippen LogP contribution in [0.2, 0.25) is 0 Å². The summed E-state index contributed by atoms with van der Waals surface area (Å²) in [7, 11) is 10.3. The summed E-state index contributed by atoms with van der Waals surface area (Å²) in [6.45, 7) is 6.92. The third-order valence-electron chi connectivity index (χ3n) is 24.5. The van der Waals surface area contributed by atoms with E-state index in [1.807, 2.05) is 6.92 Å². The fraction of sp³-hybridized carbons (Fsp3) is 0.836. The van der Waals surface area contributed by atoms with Crippen LogP contribution >= 0.6 is 11.6 Å². The van der Waals surface area contributed by atoms with E-state index in [-0.39, 0.29) is 107 Å². The van der Waals surface area contributed by atoms with Gasteiger partial charge in [-0.3, -0.25) is 57.5 Å². The lowest BCUT2D eigenvalue weighted by Gasteiger charge is -2.44. The second-order valence-corrected chi connectivity index (χ2v) is 32.2. The lowest BCUT2D eigenvalue weighted by Crippen LogP contribution is -2.65. The van der Waals surface area contributed by atoms with E-state index in [0.29, 0.717) is 44.4 Å². The number of hydrogen-bond acceptors (Lipinski definition) is 12. The Labute approximate surface area is 600 Å². The van der Waals surface area contributed by atoms with Gasteiger partial charge in [-0.15, -0.1) is 11.6 Å². The van der Waals surface area contributed by atoms with Gasteiger partial charge >= 0.3 is 6.18 Å². The van der Waals surface area contributed by atoms with Gasteiger partial charge < -0.3 is 60.5 Å². The number of alkyl halides is 4. The summed E-state index contributed by atoms with van der Waals surface area (Å²) >= 11 is 6.42. The number of nitrogens with one attached hydrogen (secondary N) is 4. The zero-order chi connectivity index (χ0) is 74.1. The van der Waals surface area contributed by atoms with Crippen molar-refractivity contribution < 1.29 is 70.7 Å². The summed E-state index contributed by atoms with van der Waals surface area (Å²) in [5.74, 6) is -9.86. The van der Waals surface area contributed by atoms with Gasteiger partial charge in [0.1, 0.15) is 59.9 Å². The topological polar surface area (TPSA) is 279 Å². The smallest absolute Gasteiger partial charge is 0.347 e. The van der Waals surface area contributed by atoms with Gasteiger partial charge in [0.2, 0.25) is 70.9 Å². The van der Waals surface area contributed by atoms with E-state index in [1.54, 1.807) is 6.92 Å². The number of halogens is 4. The number of rotatable bonds is 11. The zero-order valence-corrected chi connectivity index (χ0v) is 62.5. The molecule has 3 aliphatic heterocycles. The normalized spacial score (nSPS) is 32.9. The molecule has 3 saturated heterocycles. The number of likely N-dealkylation sites (N-methyl/N-ethyl adjacent to an activating group) is 6. The van der Waals surface area contributed by atoms with E-state index in [4.69, 9.17) is 11.6 Å². The second-order valence-electron chi connectivity index (χ2n) is 31.7. The summed E-state index contributed by atoms with van der Waals surface area (Å²) in [5, 5.41) is 10.5. The number of nitrogens with zero attached hydrogens (tertiary/aromatic N) is 8. The van der Waals surface area contributed by atoms with E-state index in [2.05, 4.69) is 28.2 Å². The van der Waals surface area contributed by atoms with Gasteiger partial charge in [0.25, 0.3) is 0 Å². The van der Waals surface area contributed by atoms with Crippen molar-refractivity contribution in [3.63, 3.8) is 0 Å².